The molecular formula is C20H29BrN2O2. The molecule has 1 amide bonds. The molecule has 1 heterocycles. The molecule has 2 N–H and O–H groups in total. The van der Waals surface area contributed by atoms with Crippen molar-refractivity contribution in [2.24, 2.45) is 11.8 Å². The fraction of sp³-hybridized carbons (Fsp3) is 0.650. The lowest BCUT2D eigenvalue weighted by atomic mass is 9.74. The van der Waals surface area contributed by atoms with Crippen molar-refractivity contribution in [3.63, 3.8) is 0 Å². The Labute approximate surface area is 159 Å². The second-order valence-electron chi connectivity index (χ2n) is 7.71. The van der Waals surface area contributed by atoms with Gasteiger partial charge in [-0.15, -0.1) is 0 Å². The van der Waals surface area contributed by atoms with E-state index in [1.807, 2.05) is 24.3 Å². The van der Waals surface area contributed by atoms with Gasteiger partial charge in [0.2, 0.25) is 5.91 Å². The largest absolute Gasteiger partial charge is 0.393 e. The molecule has 0 aromatic heterocycles. The first-order valence-electron chi connectivity index (χ1n) is 9.51. The van der Waals surface area contributed by atoms with Crippen molar-refractivity contribution in [1.82, 2.24) is 4.90 Å². The molecule has 4 atom stereocenters. The number of para-hydroxylation sites is 1. The lowest BCUT2D eigenvalue weighted by Crippen LogP contribution is -2.51. The first-order valence-corrected chi connectivity index (χ1v) is 10.3. The van der Waals surface area contributed by atoms with Crippen molar-refractivity contribution in [3.05, 3.63) is 28.7 Å². The van der Waals surface area contributed by atoms with Crippen LogP contribution < -0.4 is 5.32 Å². The molecule has 138 valence electrons. The number of nitrogens with one attached hydrogen (secondary N) is 1. The van der Waals surface area contributed by atoms with E-state index in [-0.39, 0.29) is 12.0 Å². The summed E-state index contributed by atoms with van der Waals surface area (Å²) in [5.41, 5.74) is 0.812. The van der Waals surface area contributed by atoms with E-state index in [1.54, 1.807) is 0 Å². The minimum absolute atomic E-state index is 0.0251. The first-order chi connectivity index (χ1) is 12.0. The Morgan fingerprint density at radius 1 is 1.28 bits per heavy atom. The zero-order chi connectivity index (χ0) is 17.8. The maximum atomic E-state index is 12.6. The Morgan fingerprint density at radius 3 is 2.88 bits per heavy atom. The van der Waals surface area contributed by atoms with Gasteiger partial charge in [-0.1, -0.05) is 25.5 Å². The first kappa shape index (κ1) is 18.9. The van der Waals surface area contributed by atoms with Crippen molar-refractivity contribution in [1.29, 1.82) is 0 Å². The summed E-state index contributed by atoms with van der Waals surface area (Å²) in [5.74, 6) is 1.00. The quantitative estimate of drug-likeness (QED) is 0.789. The predicted octanol–water partition coefficient (Wildman–Crippen LogP) is 4.04. The molecule has 3 rings (SSSR count). The monoisotopic (exact) mass is 408 g/mol. The molecule has 0 radical (unpaired) electrons. The molecule has 4 nitrogen and oxygen atoms in total. The highest BCUT2D eigenvalue weighted by atomic mass is 79.9. The molecule has 25 heavy (non-hydrogen) atoms. The number of rotatable bonds is 4. The van der Waals surface area contributed by atoms with E-state index in [9.17, 15) is 9.90 Å². The van der Waals surface area contributed by atoms with Crippen LogP contribution in [0.1, 0.15) is 45.4 Å². The smallest absolute Gasteiger partial charge is 0.238 e. The van der Waals surface area contributed by atoms with E-state index in [2.05, 4.69) is 33.1 Å². The zero-order valence-corrected chi connectivity index (χ0v) is 16.5. The van der Waals surface area contributed by atoms with Crippen molar-refractivity contribution < 1.29 is 9.90 Å². The lowest BCUT2D eigenvalue weighted by Gasteiger charge is -2.44. The van der Waals surface area contributed by atoms with E-state index in [4.69, 9.17) is 0 Å². The summed E-state index contributed by atoms with van der Waals surface area (Å²) >= 11 is 3.48. The summed E-state index contributed by atoms with van der Waals surface area (Å²) in [4.78, 5) is 14.9. The number of carbonyl (C=O) groups excluding carboxylic acids is 1. The molecule has 2 fully saturated rings. The van der Waals surface area contributed by atoms with Crippen LogP contribution >= 0.6 is 15.9 Å². The Morgan fingerprint density at radius 2 is 2.08 bits per heavy atom. The third-order valence-corrected chi connectivity index (χ3v) is 6.47. The molecule has 1 aliphatic heterocycles. The summed E-state index contributed by atoms with van der Waals surface area (Å²) in [7, 11) is 0. The van der Waals surface area contributed by atoms with E-state index >= 15 is 0 Å². The van der Waals surface area contributed by atoms with Gasteiger partial charge in [0.15, 0.2) is 0 Å². The minimum atomic E-state index is -0.215. The SMILES string of the molecule is CC1CCC(O)C(C2CCCCN2CC(=O)Nc2ccccc2Br)C1. The van der Waals surface area contributed by atoms with Gasteiger partial charge in [0.25, 0.3) is 0 Å². The maximum Gasteiger partial charge on any atom is 0.238 e. The average Bonchev–Trinajstić information content (AvgIpc) is 2.60. The molecule has 1 saturated carbocycles. The number of aliphatic hydroxyl groups is 1. The van der Waals surface area contributed by atoms with Crippen LogP contribution in [0, 0.1) is 11.8 Å². The fourth-order valence-corrected chi connectivity index (χ4v) is 4.84. The third kappa shape index (κ3) is 4.83. The summed E-state index contributed by atoms with van der Waals surface area (Å²) in [6.45, 7) is 3.64. The molecular weight excluding hydrogens is 380 g/mol. The van der Waals surface area contributed by atoms with Crippen molar-refractivity contribution in [3.8, 4) is 0 Å². The van der Waals surface area contributed by atoms with Crippen LogP contribution in [0.2, 0.25) is 0 Å². The fourth-order valence-electron chi connectivity index (χ4n) is 4.46. The number of hydrogen-bond acceptors (Lipinski definition) is 3. The zero-order valence-electron chi connectivity index (χ0n) is 15.0. The van der Waals surface area contributed by atoms with Gasteiger partial charge >= 0.3 is 0 Å². The number of hydrogen-bond donors (Lipinski definition) is 2. The number of amides is 1. The highest BCUT2D eigenvalue weighted by Crippen LogP contribution is 2.36. The molecule has 1 saturated heterocycles. The van der Waals surface area contributed by atoms with Gasteiger partial charge in [-0.05, 0) is 72.6 Å². The van der Waals surface area contributed by atoms with Gasteiger partial charge in [-0.2, -0.15) is 0 Å². The molecule has 2 aliphatic rings. The van der Waals surface area contributed by atoms with Gasteiger partial charge in [0.1, 0.15) is 0 Å². The number of carbonyl (C=O) groups is 1. The van der Waals surface area contributed by atoms with Crippen LogP contribution in [0.25, 0.3) is 0 Å². The van der Waals surface area contributed by atoms with E-state index in [0.29, 0.717) is 24.4 Å². The second-order valence-corrected chi connectivity index (χ2v) is 8.57. The van der Waals surface area contributed by atoms with Gasteiger partial charge in [-0.3, -0.25) is 9.69 Å². The molecule has 1 aromatic rings. The Balaban J connectivity index is 1.64. The Hall–Kier alpha value is -0.910. The van der Waals surface area contributed by atoms with Gasteiger partial charge in [0.05, 0.1) is 18.3 Å². The lowest BCUT2D eigenvalue weighted by molar-refractivity contribution is -0.119. The number of likely N-dealkylation sites (tertiary alicyclic amines) is 1. The molecule has 5 heteroatoms. The Kier molecular flexibility index (Phi) is 6.53. The third-order valence-electron chi connectivity index (χ3n) is 5.78. The van der Waals surface area contributed by atoms with E-state index in [1.165, 1.54) is 6.42 Å². The maximum absolute atomic E-state index is 12.6. The highest BCUT2D eigenvalue weighted by Gasteiger charge is 2.37. The van der Waals surface area contributed by atoms with Crippen molar-refractivity contribution in [2.45, 2.75) is 57.6 Å². The summed E-state index contributed by atoms with van der Waals surface area (Å²) in [5, 5.41) is 13.5. The summed E-state index contributed by atoms with van der Waals surface area (Å²) in [6.07, 6.45) is 6.31. The number of anilines is 1. The van der Waals surface area contributed by atoms with Crippen LogP contribution in [-0.2, 0) is 4.79 Å². The molecule has 0 spiro atoms. The van der Waals surface area contributed by atoms with Crippen LogP contribution in [0.3, 0.4) is 0 Å². The number of piperidine rings is 1. The van der Waals surface area contributed by atoms with E-state index in [0.717, 1.165) is 48.8 Å². The van der Waals surface area contributed by atoms with Gasteiger partial charge in [0, 0.05) is 16.4 Å². The summed E-state index contributed by atoms with van der Waals surface area (Å²) < 4.78 is 0.898. The van der Waals surface area contributed by atoms with Crippen LogP contribution in [0.5, 0.6) is 0 Å². The minimum Gasteiger partial charge on any atom is -0.393 e. The Bertz CT molecular complexity index is 595. The number of nitrogens with zero attached hydrogens (tertiary/aromatic N) is 1. The molecule has 1 aromatic carbocycles. The van der Waals surface area contributed by atoms with E-state index < -0.39 is 0 Å². The van der Waals surface area contributed by atoms with Gasteiger partial charge < -0.3 is 10.4 Å². The van der Waals surface area contributed by atoms with Crippen molar-refractivity contribution in [2.75, 3.05) is 18.4 Å². The van der Waals surface area contributed by atoms with Crippen LogP contribution in [-0.4, -0.2) is 41.1 Å². The molecule has 4 unspecified atom stereocenters. The normalized spacial score (nSPS) is 30.8. The number of halogens is 1. The van der Waals surface area contributed by atoms with Crippen molar-refractivity contribution >= 4 is 27.5 Å². The average molecular weight is 409 g/mol. The standard InChI is InChI=1S/C20H29BrN2O2/c1-14-9-10-19(24)15(12-14)18-8-4-5-11-23(18)13-20(25)22-17-7-3-2-6-16(17)21/h2-3,6-7,14-15,18-19,24H,4-5,8-13H2,1H3,(H,22,25). The van der Waals surface area contributed by atoms with Crippen LogP contribution in [0.4, 0.5) is 5.69 Å². The number of benzene rings is 1. The predicted molar refractivity (Wildman–Crippen MR) is 104 cm³/mol. The van der Waals surface area contributed by atoms with Gasteiger partial charge in [-0.25, -0.2) is 0 Å². The van der Waals surface area contributed by atoms with Crippen LogP contribution in [0.15, 0.2) is 28.7 Å². The number of aliphatic hydroxyl groups excluding tert-OH is 1. The topological polar surface area (TPSA) is 52.6 Å². The second kappa shape index (κ2) is 8.65. The highest BCUT2D eigenvalue weighted by molar-refractivity contribution is 9.10. The summed E-state index contributed by atoms with van der Waals surface area (Å²) in [6, 6.07) is 8.02. The molecule has 0 bridgehead atoms. The molecule has 1 aliphatic carbocycles.